The van der Waals surface area contributed by atoms with Crippen LogP contribution in [0, 0.1) is 0 Å². The minimum atomic E-state index is 0.274. The molecule has 0 aliphatic carbocycles. The number of nitrogens with zero attached hydrogens (tertiary/aromatic N) is 2. The summed E-state index contributed by atoms with van der Waals surface area (Å²) < 4.78 is 0. The van der Waals surface area contributed by atoms with Gasteiger partial charge in [0.1, 0.15) is 0 Å². The van der Waals surface area contributed by atoms with Crippen molar-refractivity contribution in [3.63, 3.8) is 0 Å². The molecule has 3 rings (SSSR count). The molecular formula is C17H25N3O. The van der Waals surface area contributed by atoms with Crippen molar-refractivity contribution >= 4 is 11.6 Å². The van der Waals surface area contributed by atoms with Crippen molar-refractivity contribution in [2.75, 3.05) is 44.2 Å². The molecule has 0 radical (unpaired) electrons. The monoisotopic (exact) mass is 287 g/mol. The molecule has 0 saturated carbocycles. The molecule has 2 heterocycles. The zero-order valence-corrected chi connectivity index (χ0v) is 12.7. The normalized spacial score (nSPS) is 19.6. The van der Waals surface area contributed by atoms with E-state index in [1.165, 1.54) is 24.1 Å². The molecule has 1 N–H and O–H groups in total. The Morgan fingerprint density at radius 3 is 2.90 bits per heavy atom. The van der Waals surface area contributed by atoms with E-state index < -0.39 is 0 Å². The Balaban J connectivity index is 1.70. The van der Waals surface area contributed by atoms with Crippen LogP contribution in [-0.4, -0.2) is 50.1 Å². The van der Waals surface area contributed by atoms with Crippen molar-refractivity contribution in [3.8, 4) is 0 Å². The second-order valence-electron chi connectivity index (χ2n) is 5.99. The highest BCUT2D eigenvalue weighted by Crippen LogP contribution is 2.25. The Bertz CT molecular complexity index is 481. The molecule has 4 nitrogen and oxygen atoms in total. The van der Waals surface area contributed by atoms with E-state index in [0.29, 0.717) is 6.54 Å². The number of para-hydroxylation sites is 1. The summed E-state index contributed by atoms with van der Waals surface area (Å²) in [4.78, 5) is 16.9. The molecule has 21 heavy (non-hydrogen) atoms. The first-order chi connectivity index (χ1) is 10.3. The topological polar surface area (TPSA) is 35.6 Å². The van der Waals surface area contributed by atoms with E-state index in [1.54, 1.807) is 0 Å². The van der Waals surface area contributed by atoms with Gasteiger partial charge >= 0.3 is 0 Å². The van der Waals surface area contributed by atoms with Crippen LogP contribution in [0.2, 0.25) is 0 Å². The molecule has 4 heteroatoms. The van der Waals surface area contributed by atoms with Gasteiger partial charge < -0.3 is 15.1 Å². The van der Waals surface area contributed by atoms with Gasteiger partial charge in [-0.05, 0) is 43.9 Å². The van der Waals surface area contributed by atoms with Gasteiger partial charge in [-0.1, -0.05) is 18.2 Å². The van der Waals surface area contributed by atoms with Crippen LogP contribution in [0.3, 0.4) is 0 Å². The lowest BCUT2D eigenvalue weighted by Gasteiger charge is -2.28. The number of carbonyl (C=O) groups excluding carboxylic acids is 1. The van der Waals surface area contributed by atoms with Crippen molar-refractivity contribution < 1.29 is 4.79 Å². The van der Waals surface area contributed by atoms with Crippen LogP contribution in [0.15, 0.2) is 24.3 Å². The third-order valence-corrected chi connectivity index (χ3v) is 4.48. The van der Waals surface area contributed by atoms with E-state index in [2.05, 4.69) is 34.5 Å². The Morgan fingerprint density at radius 1 is 1.05 bits per heavy atom. The molecule has 1 saturated heterocycles. The van der Waals surface area contributed by atoms with Gasteiger partial charge in [0.2, 0.25) is 5.91 Å². The highest BCUT2D eigenvalue weighted by Gasteiger charge is 2.21. The van der Waals surface area contributed by atoms with E-state index in [0.717, 1.165) is 45.6 Å². The Kier molecular flexibility index (Phi) is 4.76. The summed E-state index contributed by atoms with van der Waals surface area (Å²) in [7, 11) is 0. The van der Waals surface area contributed by atoms with Crippen LogP contribution >= 0.6 is 0 Å². The molecule has 0 bridgehead atoms. The summed E-state index contributed by atoms with van der Waals surface area (Å²) in [6.45, 7) is 5.19. The molecule has 0 unspecified atom stereocenters. The number of hydrogen-bond donors (Lipinski definition) is 1. The lowest BCUT2D eigenvalue weighted by Crippen LogP contribution is -2.42. The maximum atomic E-state index is 12.6. The van der Waals surface area contributed by atoms with E-state index in [-0.39, 0.29) is 5.91 Å². The molecule has 1 amide bonds. The van der Waals surface area contributed by atoms with Crippen molar-refractivity contribution in [1.82, 2.24) is 10.2 Å². The van der Waals surface area contributed by atoms with E-state index >= 15 is 0 Å². The van der Waals surface area contributed by atoms with Crippen molar-refractivity contribution in [1.29, 1.82) is 0 Å². The van der Waals surface area contributed by atoms with Crippen LogP contribution in [-0.2, 0) is 11.2 Å². The number of amides is 1. The highest BCUT2D eigenvalue weighted by atomic mass is 16.2. The molecule has 114 valence electrons. The number of fused-ring (bicyclic) bond motifs is 1. The van der Waals surface area contributed by atoms with Crippen LogP contribution in [0.1, 0.15) is 24.8 Å². The third kappa shape index (κ3) is 3.56. The maximum Gasteiger partial charge on any atom is 0.242 e. The number of anilines is 1. The number of carbonyl (C=O) groups is 1. The number of rotatable bonds is 2. The Hall–Kier alpha value is -1.55. The van der Waals surface area contributed by atoms with Gasteiger partial charge in [0.25, 0.3) is 0 Å². The minimum absolute atomic E-state index is 0.274. The summed E-state index contributed by atoms with van der Waals surface area (Å²) in [5.41, 5.74) is 2.65. The van der Waals surface area contributed by atoms with Gasteiger partial charge in [-0.2, -0.15) is 0 Å². The standard InChI is InChI=1S/C17H25N3O/c21-17(19-12-5-9-18-10-13-19)14-20-11-4-3-7-15-6-1-2-8-16(15)20/h1-2,6,8,18H,3-5,7,9-14H2. The Labute approximate surface area is 127 Å². The van der Waals surface area contributed by atoms with Crippen molar-refractivity contribution in [2.24, 2.45) is 0 Å². The highest BCUT2D eigenvalue weighted by molar-refractivity contribution is 5.82. The number of aryl methyl sites for hydroxylation is 1. The molecule has 2 aliphatic heterocycles. The number of nitrogens with one attached hydrogen (secondary N) is 1. The molecule has 0 spiro atoms. The fourth-order valence-corrected chi connectivity index (χ4v) is 3.29. The first kappa shape index (κ1) is 14.4. The first-order valence-electron chi connectivity index (χ1n) is 8.16. The van der Waals surface area contributed by atoms with Crippen molar-refractivity contribution in [2.45, 2.75) is 25.7 Å². The molecular weight excluding hydrogens is 262 g/mol. The lowest BCUT2D eigenvalue weighted by molar-refractivity contribution is -0.129. The molecule has 1 aromatic carbocycles. The number of benzene rings is 1. The van der Waals surface area contributed by atoms with Gasteiger partial charge in [0.15, 0.2) is 0 Å². The predicted octanol–water partition coefficient (Wildman–Crippen LogP) is 1.65. The van der Waals surface area contributed by atoms with E-state index in [9.17, 15) is 4.79 Å². The third-order valence-electron chi connectivity index (χ3n) is 4.48. The maximum absolute atomic E-state index is 12.6. The fraction of sp³-hybridized carbons (Fsp3) is 0.588. The second kappa shape index (κ2) is 6.94. The van der Waals surface area contributed by atoms with Crippen molar-refractivity contribution in [3.05, 3.63) is 29.8 Å². The molecule has 0 atom stereocenters. The van der Waals surface area contributed by atoms with Gasteiger partial charge in [-0.25, -0.2) is 0 Å². The van der Waals surface area contributed by atoms with E-state index in [4.69, 9.17) is 0 Å². The number of hydrogen-bond acceptors (Lipinski definition) is 3. The second-order valence-corrected chi connectivity index (χ2v) is 5.99. The van der Waals surface area contributed by atoms with E-state index in [1.807, 2.05) is 4.90 Å². The largest absolute Gasteiger partial charge is 0.362 e. The zero-order valence-electron chi connectivity index (χ0n) is 12.7. The van der Waals surface area contributed by atoms with Crippen LogP contribution in [0.5, 0.6) is 0 Å². The summed E-state index contributed by atoms with van der Waals surface area (Å²) >= 11 is 0. The van der Waals surface area contributed by atoms with Crippen LogP contribution in [0.4, 0.5) is 5.69 Å². The average Bonchev–Trinajstić information content (AvgIpc) is 2.89. The molecule has 2 aliphatic rings. The Morgan fingerprint density at radius 2 is 1.95 bits per heavy atom. The van der Waals surface area contributed by atoms with Gasteiger partial charge in [0.05, 0.1) is 6.54 Å². The van der Waals surface area contributed by atoms with Gasteiger partial charge in [-0.3, -0.25) is 4.79 Å². The zero-order chi connectivity index (χ0) is 14.5. The average molecular weight is 287 g/mol. The smallest absolute Gasteiger partial charge is 0.242 e. The molecule has 0 aromatic heterocycles. The minimum Gasteiger partial charge on any atom is -0.362 e. The summed E-state index contributed by atoms with van der Waals surface area (Å²) in [5, 5.41) is 3.35. The molecule has 1 aromatic rings. The summed E-state index contributed by atoms with van der Waals surface area (Å²) in [6, 6.07) is 8.55. The van der Waals surface area contributed by atoms with Gasteiger partial charge in [-0.15, -0.1) is 0 Å². The van der Waals surface area contributed by atoms with Crippen LogP contribution < -0.4 is 10.2 Å². The summed E-state index contributed by atoms with van der Waals surface area (Å²) in [6.07, 6.45) is 4.58. The van der Waals surface area contributed by atoms with Crippen LogP contribution in [0.25, 0.3) is 0 Å². The fourth-order valence-electron chi connectivity index (χ4n) is 3.29. The predicted molar refractivity (Wildman–Crippen MR) is 85.7 cm³/mol. The first-order valence-corrected chi connectivity index (χ1v) is 8.16. The lowest BCUT2D eigenvalue weighted by atomic mass is 10.1. The summed E-state index contributed by atoms with van der Waals surface area (Å²) in [5.74, 6) is 0.274. The SMILES string of the molecule is O=C(CN1CCCCc2ccccc21)N1CCCNCC1. The quantitative estimate of drug-likeness (QED) is 0.898. The van der Waals surface area contributed by atoms with Gasteiger partial charge in [0, 0.05) is 31.9 Å². The molecule has 1 fully saturated rings.